The fourth-order valence-corrected chi connectivity index (χ4v) is 4.96. The van der Waals surface area contributed by atoms with Crippen molar-refractivity contribution in [1.29, 1.82) is 0 Å². The Balaban J connectivity index is 1.72. The van der Waals surface area contributed by atoms with Crippen LogP contribution < -0.4 is 4.74 Å². The second-order valence-electron chi connectivity index (χ2n) is 6.22. The minimum Gasteiger partial charge on any atom is -0.494 e. The summed E-state index contributed by atoms with van der Waals surface area (Å²) in [7, 11) is -2.32. The third kappa shape index (κ3) is 5.33. The number of methoxy groups -OCH3 is 1. The average Bonchev–Trinajstić information content (AvgIpc) is 3.08. The van der Waals surface area contributed by atoms with Crippen LogP contribution in [0.25, 0.3) is 10.6 Å². The maximum atomic E-state index is 13.7. The number of alkyl halides is 3. The molecule has 0 aliphatic carbocycles. The molecule has 0 bridgehead atoms. The molecule has 0 aliphatic heterocycles. The van der Waals surface area contributed by atoms with Gasteiger partial charge in [-0.25, -0.2) is 17.8 Å². The van der Waals surface area contributed by atoms with Gasteiger partial charge in [0.2, 0.25) is 0 Å². The van der Waals surface area contributed by atoms with Crippen LogP contribution in [0.4, 0.5) is 17.6 Å². The Hall–Kier alpha value is -2.46. The molecule has 154 valence electrons. The highest BCUT2D eigenvalue weighted by atomic mass is 32.2. The summed E-state index contributed by atoms with van der Waals surface area (Å²) in [5, 5.41) is 1.96. The first-order chi connectivity index (χ1) is 13.6. The lowest BCUT2D eigenvalue weighted by molar-refractivity contribution is -0.137. The van der Waals surface area contributed by atoms with Crippen LogP contribution in [0.15, 0.2) is 47.8 Å². The Morgan fingerprint density at radius 2 is 1.76 bits per heavy atom. The largest absolute Gasteiger partial charge is 0.494 e. The summed E-state index contributed by atoms with van der Waals surface area (Å²) in [4.78, 5) is 4.21. The van der Waals surface area contributed by atoms with Crippen LogP contribution in [0.1, 0.15) is 16.8 Å². The fraction of sp³-hybridized carbons (Fsp3) is 0.211. The van der Waals surface area contributed by atoms with Gasteiger partial charge in [-0.1, -0.05) is 18.2 Å². The van der Waals surface area contributed by atoms with Crippen molar-refractivity contribution in [2.24, 2.45) is 0 Å². The zero-order valence-corrected chi connectivity index (χ0v) is 16.7. The lowest BCUT2D eigenvalue weighted by atomic mass is 10.1. The van der Waals surface area contributed by atoms with E-state index in [0.29, 0.717) is 10.6 Å². The number of hydrogen-bond donors (Lipinski definition) is 0. The molecule has 4 nitrogen and oxygen atoms in total. The first-order valence-electron chi connectivity index (χ1n) is 8.22. The van der Waals surface area contributed by atoms with E-state index in [1.54, 1.807) is 5.38 Å². The van der Waals surface area contributed by atoms with Crippen LogP contribution >= 0.6 is 11.3 Å². The molecule has 0 atom stereocenters. The molecular weight excluding hydrogens is 430 g/mol. The molecular formula is C19H15F4NO3S2. The maximum absolute atomic E-state index is 13.7. The number of sulfone groups is 1. The monoisotopic (exact) mass is 445 g/mol. The predicted molar refractivity (Wildman–Crippen MR) is 102 cm³/mol. The van der Waals surface area contributed by atoms with Gasteiger partial charge in [0.1, 0.15) is 5.01 Å². The Kier molecular flexibility index (Phi) is 5.95. The van der Waals surface area contributed by atoms with Crippen molar-refractivity contribution in [2.45, 2.75) is 17.7 Å². The highest BCUT2D eigenvalue weighted by molar-refractivity contribution is 7.89. The number of benzene rings is 2. The molecule has 0 aliphatic rings. The number of hydrogen-bond acceptors (Lipinski definition) is 5. The lowest BCUT2D eigenvalue weighted by Gasteiger charge is -2.06. The van der Waals surface area contributed by atoms with Crippen LogP contribution in [-0.2, 0) is 27.5 Å². The Morgan fingerprint density at radius 1 is 1.07 bits per heavy atom. The van der Waals surface area contributed by atoms with Gasteiger partial charge in [-0.05, 0) is 29.8 Å². The molecule has 29 heavy (non-hydrogen) atoms. The van der Waals surface area contributed by atoms with Crippen LogP contribution in [-0.4, -0.2) is 20.5 Å². The van der Waals surface area contributed by atoms with Gasteiger partial charge in [-0.3, -0.25) is 0 Å². The third-order valence-corrected chi connectivity index (χ3v) is 6.43. The highest BCUT2D eigenvalue weighted by Crippen LogP contribution is 2.32. The average molecular weight is 445 g/mol. The molecule has 0 radical (unpaired) electrons. The molecule has 0 saturated carbocycles. The SMILES string of the molecule is COc1ccc(CS(=O)(=O)Cc2csc(-c3ccc(C(F)(F)F)cc3)n2)cc1F. The van der Waals surface area contributed by atoms with Gasteiger partial charge in [-0.2, -0.15) is 13.2 Å². The van der Waals surface area contributed by atoms with Crippen molar-refractivity contribution >= 4 is 21.2 Å². The normalized spacial score (nSPS) is 12.2. The van der Waals surface area contributed by atoms with Crippen molar-refractivity contribution in [2.75, 3.05) is 7.11 Å². The first kappa shape index (κ1) is 21.3. The molecule has 0 spiro atoms. The topological polar surface area (TPSA) is 56.3 Å². The van der Waals surface area contributed by atoms with Crippen molar-refractivity contribution in [3.05, 3.63) is 70.5 Å². The minimum atomic E-state index is -4.43. The third-order valence-electron chi connectivity index (χ3n) is 3.98. The predicted octanol–water partition coefficient (Wildman–Crippen LogP) is 5.09. The number of rotatable bonds is 6. The molecule has 1 aromatic heterocycles. The molecule has 3 aromatic rings. The molecule has 0 unspecified atom stereocenters. The maximum Gasteiger partial charge on any atom is 0.416 e. The van der Waals surface area contributed by atoms with Crippen LogP contribution in [0.2, 0.25) is 0 Å². The summed E-state index contributed by atoms with van der Waals surface area (Å²) >= 11 is 1.14. The zero-order valence-electron chi connectivity index (χ0n) is 15.0. The van der Waals surface area contributed by atoms with E-state index < -0.39 is 27.4 Å². The molecule has 0 amide bonds. The summed E-state index contributed by atoms with van der Waals surface area (Å²) in [5.74, 6) is -1.37. The number of halogens is 4. The number of thiazole rings is 1. The van der Waals surface area contributed by atoms with E-state index in [0.717, 1.165) is 29.5 Å². The van der Waals surface area contributed by atoms with E-state index in [2.05, 4.69) is 4.98 Å². The van der Waals surface area contributed by atoms with Gasteiger partial charge < -0.3 is 4.74 Å². The van der Waals surface area contributed by atoms with Crippen molar-refractivity contribution in [1.82, 2.24) is 4.98 Å². The summed E-state index contributed by atoms with van der Waals surface area (Å²) in [6.07, 6.45) is -4.43. The van der Waals surface area contributed by atoms with E-state index in [1.807, 2.05) is 0 Å². The van der Waals surface area contributed by atoms with Crippen molar-refractivity contribution in [3.63, 3.8) is 0 Å². The minimum absolute atomic E-state index is 0.0202. The van der Waals surface area contributed by atoms with Gasteiger partial charge in [0.25, 0.3) is 0 Å². The van der Waals surface area contributed by atoms with Gasteiger partial charge in [-0.15, -0.1) is 11.3 Å². The summed E-state index contributed by atoms with van der Waals surface area (Å²) < 4.78 is 81.3. The van der Waals surface area contributed by atoms with Gasteiger partial charge in [0.15, 0.2) is 21.4 Å². The molecule has 10 heteroatoms. The van der Waals surface area contributed by atoms with Gasteiger partial charge in [0.05, 0.1) is 29.9 Å². The quantitative estimate of drug-likeness (QED) is 0.496. The van der Waals surface area contributed by atoms with E-state index >= 15 is 0 Å². The zero-order chi connectivity index (χ0) is 21.2. The first-order valence-corrected chi connectivity index (χ1v) is 10.9. The van der Waals surface area contributed by atoms with E-state index in [1.165, 1.54) is 31.4 Å². The molecule has 1 heterocycles. The van der Waals surface area contributed by atoms with E-state index in [9.17, 15) is 26.0 Å². The molecule has 0 saturated heterocycles. The Bertz CT molecular complexity index is 1110. The summed E-state index contributed by atoms with van der Waals surface area (Å²) in [5.41, 5.74) is 0.247. The van der Waals surface area contributed by atoms with E-state index in [4.69, 9.17) is 4.74 Å². The van der Waals surface area contributed by atoms with E-state index in [-0.39, 0.29) is 28.5 Å². The van der Waals surface area contributed by atoms with Crippen molar-refractivity contribution in [3.8, 4) is 16.3 Å². The lowest BCUT2D eigenvalue weighted by Crippen LogP contribution is -2.08. The molecule has 2 aromatic carbocycles. The second kappa shape index (κ2) is 8.11. The fourth-order valence-electron chi connectivity index (χ4n) is 2.64. The highest BCUT2D eigenvalue weighted by Gasteiger charge is 2.30. The molecule has 0 fully saturated rings. The Morgan fingerprint density at radius 3 is 2.34 bits per heavy atom. The smallest absolute Gasteiger partial charge is 0.416 e. The van der Waals surface area contributed by atoms with Crippen LogP contribution in [0.5, 0.6) is 5.75 Å². The number of aromatic nitrogens is 1. The summed E-state index contributed by atoms with van der Waals surface area (Å²) in [6, 6.07) is 8.40. The number of ether oxygens (including phenoxy) is 1. The van der Waals surface area contributed by atoms with Gasteiger partial charge in [0, 0.05) is 10.9 Å². The number of nitrogens with zero attached hydrogens (tertiary/aromatic N) is 1. The Labute approximate surface area is 168 Å². The standard InChI is InChI=1S/C19H15F4NO3S2/c1-27-17-7-2-12(8-16(17)20)10-29(25,26)11-15-9-28-18(24-15)13-3-5-14(6-4-13)19(21,22)23/h2-9H,10-11H2,1H3. The van der Waals surface area contributed by atoms with Gasteiger partial charge >= 0.3 is 6.18 Å². The molecule has 3 rings (SSSR count). The van der Waals surface area contributed by atoms with Crippen molar-refractivity contribution < 1.29 is 30.7 Å². The van der Waals surface area contributed by atoms with Crippen LogP contribution in [0.3, 0.4) is 0 Å². The second-order valence-corrected chi connectivity index (χ2v) is 9.14. The summed E-state index contributed by atoms with van der Waals surface area (Å²) in [6.45, 7) is 0. The molecule has 0 N–H and O–H groups in total. The van der Waals surface area contributed by atoms with Crippen LogP contribution in [0, 0.1) is 5.82 Å².